The smallest absolute Gasteiger partial charge is 0.185 e. The van der Waals surface area contributed by atoms with E-state index in [2.05, 4.69) is 13.8 Å². The average molecular weight is 535 g/mol. The maximum absolute atomic E-state index is 12.7. The van der Waals surface area contributed by atoms with Gasteiger partial charge in [-0.15, -0.1) is 0 Å². The molecule has 0 radical (unpaired) electrons. The van der Waals surface area contributed by atoms with Crippen LogP contribution >= 0.6 is 0 Å². The van der Waals surface area contributed by atoms with E-state index in [0.717, 1.165) is 36.5 Å². The van der Waals surface area contributed by atoms with Crippen LogP contribution in [-0.4, -0.2) is 19.0 Å². The zero-order valence-electron chi connectivity index (χ0n) is 24.9. The van der Waals surface area contributed by atoms with E-state index < -0.39 is 0 Å². The number of rotatable bonds is 24. The van der Waals surface area contributed by atoms with Crippen molar-refractivity contribution in [3.05, 3.63) is 65.7 Å². The molecule has 0 aliphatic carbocycles. The first kappa shape index (κ1) is 32.7. The number of ketones is 1. The summed E-state index contributed by atoms with van der Waals surface area (Å²) in [4.78, 5) is 12.7. The van der Waals surface area contributed by atoms with Gasteiger partial charge in [-0.05, 0) is 48.7 Å². The monoisotopic (exact) mass is 534 g/mol. The topological polar surface area (TPSA) is 35.5 Å². The van der Waals surface area contributed by atoms with Crippen LogP contribution in [0.2, 0.25) is 0 Å². The molecule has 0 saturated carbocycles. The van der Waals surface area contributed by atoms with Gasteiger partial charge in [0.25, 0.3) is 0 Å². The molecule has 0 heterocycles. The van der Waals surface area contributed by atoms with Crippen LogP contribution in [0.5, 0.6) is 11.5 Å². The molecule has 0 atom stereocenters. The summed E-state index contributed by atoms with van der Waals surface area (Å²) in [5.74, 6) is 1.63. The van der Waals surface area contributed by atoms with E-state index in [1.165, 1.54) is 96.3 Å². The molecule has 0 N–H and O–H groups in total. The largest absolute Gasteiger partial charge is 0.494 e. The second-order valence-electron chi connectivity index (χ2n) is 10.8. The minimum Gasteiger partial charge on any atom is -0.494 e. The van der Waals surface area contributed by atoms with Crippen molar-refractivity contribution in [2.45, 2.75) is 123 Å². The van der Waals surface area contributed by atoms with Gasteiger partial charge in [-0.2, -0.15) is 0 Å². The highest BCUT2D eigenvalue weighted by Gasteiger charge is 2.04. The van der Waals surface area contributed by atoms with Gasteiger partial charge >= 0.3 is 0 Å². The summed E-state index contributed by atoms with van der Waals surface area (Å²) in [5, 5.41) is 0. The zero-order valence-corrected chi connectivity index (χ0v) is 24.9. The van der Waals surface area contributed by atoms with Crippen molar-refractivity contribution in [1.29, 1.82) is 0 Å². The molecule has 39 heavy (non-hydrogen) atoms. The Morgan fingerprint density at radius 2 is 1.08 bits per heavy atom. The molecular formula is C36H54O3. The van der Waals surface area contributed by atoms with E-state index in [1.54, 1.807) is 6.08 Å². The Bertz CT molecular complexity index is 900. The third-order valence-corrected chi connectivity index (χ3v) is 7.21. The van der Waals surface area contributed by atoms with E-state index in [1.807, 2.05) is 54.6 Å². The fourth-order valence-corrected chi connectivity index (χ4v) is 4.71. The second-order valence-corrected chi connectivity index (χ2v) is 10.8. The van der Waals surface area contributed by atoms with Crippen LogP contribution in [0.1, 0.15) is 139 Å². The molecule has 0 spiro atoms. The maximum Gasteiger partial charge on any atom is 0.185 e. The van der Waals surface area contributed by atoms with Crippen LogP contribution in [0.3, 0.4) is 0 Å². The molecule has 3 heteroatoms. The lowest BCUT2D eigenvalue weighted by Crippen LogP contribution is -2.00. The quantitative estimate of drug-likeness (QED) is 0.0763. The molecule has 0 aliphatic rings. The Morgan fingerprint density at radius 3 is 1.67 bits per heavy atom. The van der Waals surface area contributed by atoms with Crippen molar-refractivity contribution < 1.29 is 14.3 Å². The minimum absolute atomic E-state index is 0.0168. The summed E-state index contributed by atoms with van der Waals surface area (Å²) < 4.78 is 11.7. The molecule has 2 rings (SSSR count). The molecule has 0 aromatic heterocycles. The van der Waals surface area contributed by atoms with Crippen LogP contribution in [0, 0.1) is 0 Å². The molecule has 216 valence electrons. The van der Waals surface area contributed by atoms with Crippen LogP contribution in [0.15, 0.2) is 54.6 Å². The molecule has 0 saturated heterocycles. The van der Waals surface area contributed by atoms with Crippen LogP contribution in [0.4, 0.5) is 0 Å². The highest BCUT2D eigenvalue weighted by Crippen LogP contribution is 2.18. The van der Waals surface area contributed by atoms with Crippen LogP contribution in [-0.2, 0) is 0 Å². The summed E-state index contributed by atoms with van der Waals surface area (Å²) in [6.07, 6.45) is 25.9. The van der Waals surface area contributed by atoms with Crippen molar-refractivity contribution in [1.82, 2.24) is 0 Å². The van der Waals surface area contributed by atoms with Gasteiger partial charge in [0.2, 0.25) is 0 Å². The van der Waals surface area contributed by atoms with Gasteiger partial charge in [0.1, 0.15) is 11.5 Å². The number of unbranched alkanes of at least 4 members (excludes halogenated alkanes) is 15. The van der Waals surface area contributed by atoms with Gasteiger partial charge in [0.05, 0.1) is 13.2 Å². The first-order chi connectivity index (χ1) is 19.2. The number of carbonyl (C=O) groups is 1. The number of allylic oxidation sites excluding steroid dienone is 1. The predicted octanol–water partition coefficient (Wildman–Crippen LogP) is 11.0. The summed E-state index contributed by atoms with van der Waals surface area (Å²) in [6, 6.07) is 15.4. The van der Waals surface area contributed by atoms with E-state index in [9.17, 15) is 4.79 Å². The lowest BCUT2D eigenvalue weighted by atomic mass is 10.0. The highest BCUT2D eigenvalue weighted by molar-refractivity contribution is 6.07. The standard InChI is InChI=1S/C36H54O3/c1-3-5-7-8-9-10-11-12-13-14-15-16-17-19-30-39-35-22-20-21-33(31-35)36(37)28-25-32-23-26-34(27-24-32)38-29-18-6-4-2/h20-28,31H,3-19,29-30H2,1-2H3/b28-25+. The number of hydrogen-bond acceptors (Lipinski definition) is 3. The molecule has 3 nitrogen and oxygen atoms in total. The Kier molecular flexibility index (Phi) is 18.7. The molecule has 0 amide bonds. The SMILES string of the molecule is CCCCCCCCCCCCCCCCOc1cccc(C(=O)/C=C/c2ccc(OCCCCC)cc2)c1. The average Bonchev–Trinajstić information content (AvgIpc) is 2.97. The van der Waals surface area contributed by atoms with Crippen LogP contribution in [0.25, 0.3) is 6.08 Å². The lowest BCUT2D eigenvalue weighted by Gasteiger charge is -2.07. The van der Waals surface area contributed by atoms with Gasteiger partial charge < -0.3 is 9.47 Å². The van der Waals surface area contributed by atoms with E-state index in [0.29, 0.717) is 12.2 Å². The normalized spacial score (nSPS) is 11.2. The Morgan fingerprint density at radius 1 is 0.590 bits per heavy atom. The van der Waals surface area contributed by atoms with E-state index >= 15 is 0 Å². The molecule has 2 aromatic rings. The maximum atomic E-state index is 12.7. The van der Waals surface area contributed by atoms with Crippen molar-refractivity contribution in [3.63, 3.8) is 0 Å². The first-order valence-electron chi connectivity index (χ1n) is 15.9. The molecular weight excluding hydrogens is 480 g/mol. The van der Waals surface area contributed by atoms with Crippen molar-refractivity contribution >= 4 is 11.9 Å². The number of ether oxygens (including phenoxy) is 2. The van der Waals surface area contributed by atoms with Gasteiger partial charge in [-0.25, -0.2) is 0 Å². The Labute approximate surface area is 239 Å². The van der Waals surface area contributed by atoms with Gasteiger partial charge in [0, 0.05) is 5.56 Å². The van der Waals surface area contributed by atoms with Gasteiger partial charge in [-0.3, -0.25) is 4.79 Å². The highest BCUT2D eigenvalue weighted by atomic mass is 16.5. The molecule has 0 fully saturated rings. The molecule has 0 aliphatic heterocycles. The number of benzene rings is 2. The molecule has 0 unspecified atom stereocenters. The first-order valence-corrected chi connectivity index (χ1v) is 15.9. The summed E-state index contributed by atoms with van der Waals surface area (Å²) >= 11 is 0. The molecule has 2 aromatic carbocycles. The number of hydrogen-bond donors (Lipinski definition) is 0. The second kappa shape index (κ2) is 22.3. The van der Waals surface area contributed by atoms with Crippen molar-refractivity contribution in [2.24, 2.45) is 0 Å². The van der Waals surface area contributed by atoms with Crippen LogP contribution < -0.4 is 9.47 Å². The third kappa shape index (κ3) is 16.2. The van der Waals surface area contributed by atoms with Crippen molar-refractivity contribution in [2.75, 3.05) is 13.2 Å². The van der Waals surface area contributed by atoms with Gasteiger partial charge in [0.15, 0.2) is 5.78 Å². The predicted molar refractivity (Wildman–Crippen MR) is 167 cm³/mol. The summed E-state index contributed by atoms with van der Waals surface area (Å²) in [6.45, 7) is 5.92. The fourth-order valence-electron chi connectivity index (χ4n) is 4.71. The van der Waals surface area contributed by atoms with Crippen molar-refractivity contribution in [3.8, 4) is 11.5 Å². The summed E-state index contributed by atoms with van der Waals surface area (Å²) in [5.41, 5.74) is 1.63. The lowest BCUT2D eigenvalue weighted by molar-refractivity contribution is 0.104. The van der Waals surface area contributed by atoms with E-state index in [-0.39, 0.29) is 5.78 Å². The summed E-state index contributed by atoms with van der Waals surface area (Å²) in [7, 11) is 0. The zero-order chi connectivity index (χ0) is 27.8. The van der Waals surface area contributed by atoms with Gasteiger partial charge in [-0.1, -0.05) is 141 Å². The Hall–Kier alpha value is -2.55. The fraction of sp³-hybridized carbons (Fsp3) is 0.583. The van der Waals surface area contributed by atoms with E-state index in [4.69, 9.17) is 9.47 Å². The number of carbonyl (C=O) groups excluding carboxylic acids is 1. The third-order valence-electron chi connectivity index (χ3n) is 7.21. The minimum atomic E-state index is -0.0168. The Balaban J connectivity index is 1.55. The molecule has 0 bridgehead atoms.